The van der Waals surface area contributed by atoms with E-state index in [4.69, 9.17) is 5.11 Å². The zero-order valence-corrected chi connectivity index (χ0v) is 6.35. The lowest BCUT2D eigenvalue weighted by Gasteiger charge is -2.11. The first-order valence-corrected chi connectivity index (χ1v) is 3.48. The van der Waals surface area contributed by atoms with Gasteiger partial charge in [0, 0.05) is 5.41 Å². The molecule has 3 nitrogen and oxygen atoms in total. The van der Waals surface area contributed by atoms with Crippen LogP contribution in [-0.2, 0) is 4.79 Å². The van der Waals surface area contributed by atoms with Crippen LogP contribution < -0.4 is 5.32 Å². The molecular weight excluding hydrogens is 130 g/mol. The first-order valence-electron chi connectivity index (χ1n) is 3.48. The maximum absolute atomic E-state index is 11.0. The lowest BCUT2D eigenvalue weighted by molar-refractivity contribution is -0.126. The van der Waals surface area contributed by atoms with Gasteiger partial charge in [-0.25, -0.2) is 0 Å². The second kappa shape index (κ2) is 2.23. The van der Waals surface area contributed by atoms with E-state index in [1.165, 1.54) is 0 Å². The van der Waals surface area contributed by atoms with Gasteiger partial charge in [-0.1, -0.05) is 13.8 Å². The normalized spacial score (nSPS) is 30.3. The summed E-state index contributed by atoms with van der Waals surface area (Å²) in [5, 5.41) is 11.4. The molecule has 1 aliphatic heterocycles. The molecule has 1 unspecified atom stereocenters. The molecule has 2 N–H and O–H groups in total. The van der Waals surface area contributed by atoms with E-state index in [9.17, 15) is 4.79 Å². The van der Waals surface area contributed by atoms with Gasteiger partial charge in [-0.2, -0.15) is 0 Å². The minimum absolute atomic E-state index is 0.0255. The zero-order chi connectivity index (χ0) is 7.78. The van der Waals surface area contributed by atoms with Crippen molar-refractivity contribution in [2.45, 2.75) is 26.3 Å². The Labute approximate surface area is 60.4 Å². The maximum atomic E-state index is 11.0. The van der Waals surface area contributed by atoms with Gasteiger partial charge in [0.1, 0.15) is 0 Å². The first kappa shape index (κ1) is 7.54. The number of rotatable bonds is 1. The van der Waals surface area contributed by atoms with Gasteiger partial charge in [-0.15, -0.1) is 0 Å². The molecular formula is C7H13NO2. The largest absolute Gasteiger partial charge is 0.394 e. The van der Waals surface area contributed by atoms with E-state index in [-0.39, 0.29) is 24.0 Å². The molecule has 1 amide bonds. The van der Waals surface area contributed by atoms with Crippen LogP contribution in [0.4, 0.5) is 0 Å². The number of amides is 1. The number of aliphatic hydroxyl groups is 1. The monoisotopic (exact) mass is 143 g/mol. The molecule has 1 aliphatic rings. The second-order valence-corrected chi connectivity index (χ2v) is 3.44. The number of aliphatic hydroxyl groups excluding tert-OH is 1. The van der Waals surface area contributed by atoms with Crippen LogP contribution in [0.5, 0.6) is 0 Å². The van der Waals surface area contributed by atoms with E-state index >= 15 is 0 Å². The van der Waals surface area contributed by atoms with Gasteiger partial charge in [0.25, 0.3) is 0 Å². The average molecular weight is 143 g/mol. The number of hydrogen-bond donors (Lipinski definition) is 2. The van der Waals surface area contributed by atoms with Crippen molar-refractivity contribution < 1.29 is 9.90 Å². The third-order valence-corrected chi connectivity index (χ3v) is 1.93. The lowest BCUT2D eigenvalue weighted by Crippen LogP contribution is -2.30. The molecule has 1 atom stereocenters. The van der Waals surface area contributed by atoms with Gasteiger partial charge in [0.2, 0.25) is 5.91 Å². The third kappa shape index (κ3) is 1.14. The van der Waals surface area contributed by atoms with Gasteiger partial charge in [0.15, 0.2) is 0 Å². The van der Waals surface area contributed by atoms with Crippen molar-refractivity contribution in [2.75, 3.05) is 6.61 Å². The summed E-state index contributed by atoms with van der Waals surface area (Å²) < 4.78 is 0. The van der Waals surface area contributed by atoms with Crippen LogP contribution in [0.15, 0.2) is 0 Å². The molecule has 10 heavy (non-hydrogen) atoms. The van der Waals surface area contributed by atoms with Crippen LogP contribution in [0.25, 0.3) is 0 Å². The number of carbonyl (C=O) groups is 1. The number of nitrogens with one attached hydrogen (secondary N) is 1. The standard InChI is InChI=1S/C7H13NO2/c1-7(2)3-5(4-9)8-6(7)10/h5,9H,3-4H2,1-2H3,(H,8,10). The molecule has 1 heterocycles. The van der Waals surface area contributed by atoms with E-state index in [0.717, 1.165) is 6.42 Å². The third-order valence-electron chi connectivity index (χ3n) is 1.93. The van der Waals surface area contributed by atoms with Crippen LogP contribution in [0, 0.1) is 5.41 Å². The Kier molecular flexibility index (Phi) is 1.68. The van der Waals surface area contributed by atoms with Crippen molar-refractivity contribution in [2.24, 2.45) is 5.41 Å². The molecule has 1 rings (SSSR count). The average Bonchev–Trinajstić information content (AvgIpc) is 2.08. The molecule has 0 aromatic rings. The van der Waals surface area contributed by atoms with Gasteiger partial charge in [0.05, 0.1) is 12.6 Å². The molecule has 0 aromatic carbocycles. The highest BCUT2D eigenvalue weighted by Crippen LogP contribution is 2.27. The fourth-order valence-electron chi connectivity index (χ4n) is 1.25. The Morgan fingerprint density at radius 3 is 2.60 bits per heavy atom. The van der Waals surface area contributed by atoms with E-state index in [2.05, 4.69) is 5.32 Å². The highest BCUT2D eigenvalue weighted by Gasteiger charge is 2.38. The minimum atomic E-state index is -0.284. The Hall–Kier alpha value is -0.570. The molecule has 1 fully saturated rings. The molecule has 1 saturated heterocycles. The Balaban J connectivity index is 2.62. The topological polar surface area (TPSA) is 49.3 Å². The molecule has 0 aliphatic carbocycles. The fraction of sp³-hybridized carbons (Fsp3) is 0.857. The number of carbonyl (C=O) groups excluding carboxylic acids is 1. The molecule has 0 aromatic heterocycles. The van der Waals surface area contributed by atoms with Crippen LogP contribution in [0.2, 0.25) is 0 Å². The van der Waals surface area contributed by atoms with E-state index < -0.39 is 0 Å². The summed E-state index contributed by atoms with van der Waals surface area (Å²) >= 11 is 0. The Bertz CT molecular complexity index is 154. The summed E-state index contributed by atoms with van der Waals surface area (Å²) in [5.74, 6) is 0.0477. The van der Waals surface area contributed by atoms with Crippen molar-refractivity contribution >= 4 is 5.91 Å². The fourth-order valence-corrected chi connectivity index (χ4v) is 1.25. The quantitative estimate of drug-likeness (QED) is 0.538. The Morgan fingerprint density at radius 1 is 1.80 bits per heavy atom. The van der Waals surface area contributed by atoms with Crippen molar-refractivity contribution in [3.8, 4) is 0 Å². The van der Waals surface area contributed by atoms with Crippen molar-refractivity contribution in [1.29, 1.82) is 0 Å². The van der Waals surface area contributed by atoms with Gasteiger partial charge in [-0.3, -0.25) is 4.79 Å². The predicted octanol–water partition coefficient (Wildman–Crippen LogP) is -0.107. The molecule has 58 valence electrons. The van der Waals surface area contributed by atoms with Crippen molar-refractivity contribution in [3.63, 3.8) is 0 Å². The Morgan fingerprint density at radius 2 is 2.40 bits per heavy atom. The predicted molar refractivity (Wildman–Crippen MR) is 37.4 cm³/mol. The summed E-state index contributed by atoms with van der Waals surface area (Å²) in [4.78, 5) is 11.0. The van der Waals surface area contributed by atoms with Crippen molar-refractivity contribution in [3.05, 3.63) is 0 Å². The molecule has 0 spiro atoms. The molecule has 0 saturated carbocycles. The summed E-state index contributed by atoms with van der Waals surface area (Å²) in [6.07, 6.45) is 0.738. The van der Waals surface area contributed by atoms with E-state index in [1.54, 1.807) is 0 Å². The SMILES string of the molecule is CC1(C)CC(CO)NC1=O. The van der Waals surface area contributed by atoms with E-state index in [1.807, 2.05) is 13.8 Å². The van der Waals surface area contributed by atoms with Crippen LogP contribution in [-0.4, -0.2) is 23.7 Å². The highest BCUT2D eigenvalue weighted by molar-refractivity contribution is 5.84. The van der Waals surface area contributed by atoms with Crippen LogP contribution in [0.3, 0.4) is 0 Å². The molecule has 3 heteroatoms. The van der Waals surface area contributed by atoms with Crippen LogP contribution in [0.1, 0.15) is 20.3 Å². The summed E-state index contributed by atoms with van der Waals surface area (Å²) in [6, 6.07) is -0.0255. The molecule has 0 bridgehead atoms. The minimum Gasteiger partial charge on any atom is -0.394 e. The highest BCUT2D eigenvalue weighted by atomic mass is 16.3. The molecule has 0 radical (unpaired) electrons. The summed E-state index contributed by atoms with van der Waals surface area (Å²) in [5.41, 5.74) is -0.284. The van der Waals surface area contributed by atoms with Crippen molar-refractivity contribution in [1.82, 2.24) is 5.32 Å². The van der Waals surface area contributed by atoms with Gasteiger partial charge >= 0.3 is 0 Å². The van der Waals surface area contributed by atoms with Gasteiger partial charge < -0.3 is 10.4 Å². The second-order valence-electron chi connectivity index (χ2n) is 3.44. The summed E-state index contributed by atoms with van der Waals surface area (Å²) in [7, 11) is 0. The first-order chi connectivity index (χ1) is 4.56. The lowest BCUT2D eigenvalue weighted by atomic mass is 9.90. The van der Waals surface area contributed by atoms with E-state index in [0.29, 0.717) is 0 Å². The van der Waals surface area contributed by atoms with Gasteiger partial charge in [-0.05, 0) is 6.42 Å². The summed E-state index contributed by atoms with van der Waals surface area (Å²) in [6.45, 7) is 3.82. The zero-order valence-electron chi connectivity index (χ0n) is 6.35. The smallest absolute Gasteiger partial charge is 0.226 e. The van der Waals surface area contributed by atoms with Crippen LogP contribution >= 0.6 is 0 Å². The maximum Gasteiger partial charge on any atom is 0.226 e. The number of hydrogen-bond acceptors (Lipinski definition) is 2.